The molecule has 1 amide bonds. The number of nitrogens with one attached hydrogen (secondary N) is 1. The molecular weight excluding hydrogens is 584 g/mol. The van der Waals surface area contributed by atoms with Crippen LogP contribution in [0.2, 0.25) is 18.1 Å². The van der Waals surface area contributed by atoms with Crippen LogP contribution in [0.25, 0.3) is 22.3 Å². The summed E-state index contributed by atoms with van der Waals surface area (Å²) in [4.78, 5) is 40.5. The standard InChI is InChI=1S/C32H35F2N5O4Si/c1-17(43-44(5,6)32(2,3)4)27(40)28-35-14-13-21(36-28)18-11-12-19-26(20(18)16-42-31(33)34)25-15-23(38-30(19)41)29-37-22-9-7-8-10-24(22)39(25)29/h7-14,17,23,25,31H,15-16H2,1-6H3,(H,38,41)/t17?,23-,25-/m1/s1. The lowest BCUT2D eigenvalue weighted by atomic mass is 9.89. The van der Waals surface area contributed by atoms with Gasteiger partial charge < -0.3 is 19.0 Å². The van der Waals surface area contributed by atoms with Crippen LogP contribution in [0, 0.1) is 0 Å². The number of hydrogen-bond acceptors (Lipinski definition) is 7. The number of imidazole rings is 1. The molecule has 1 N–H and O–H groups in total. The van der Waals surface area contributed by atoms with Crippen LogP contribution in [0.4, 0.5) is 8.78 Å². The normalized spacial score (nSPS) is 18.6. The lowest BCUT2D eigenvalue weighted by Crippen LogP contribution is -2.45. The molecule has 12 heteroatoms. The Labute approximate surface area is 255 Å². The summed E-state index contributed by atoms with van der Waals surface area (Å²) in [5.41, 5.74) is 3.84. The van der Waals surface area contributed by atoms with Gasteiger partial charge in [0.1, 0.15) is 11.9 Å². The lowest BCUT2D eigenvalue weighted by Gasteiger charge is -2.37. The van der Waals surface area contributed by atoms with Crippen molar-refractivity contribution in [2.24, 2.45) is 0 Å². The second-order valence-corrected chi connectivity index (χ2v) is 17.6. The van der Waals surface area contributed by atoms with E-state index >= 15 is 0 Å². The molecule has 230 valence electrons. The molecule has 2 aromatic carbocycles. The molecule has 2 aliphatic heterocycles. The van der Waals surface area contributed by atoms with Crippen molar-refractivity contribution < 1.29 is 27.5 Å². The first kappa shape index (κ1) is 30.2. The Balaban J connectivity index is 1.46. The zero-order chi connectivity index (χ0) is 31.6. The fraction of sp³-hybridized carbons (Fsp3) is 0.406. The Morgan fingerprint density at radius 1 is 1.11 bits per heavy atom. The number of ether oxygens (including phenoxy) is 1. The van der Waals surface area contributed by atoms with E-state index in [-0.39, 0.29) is 34.6 Å². The summed E-state index contributed by atoms with van der Waals surface area (Å²) < 4.78 is 40.3. The number of hydrogen-bond donors (Lipinski definition) is 1. The molecule has 4 aromatic rings. The number of ketones is 1. The van der Waals surface area contributed by atoms with Crippen molar-refractivity contribution in [3.05, 3.63) is 77.0 Å². The third-order valence-electron chi connectivity index (χ3n) is 9.10. The van der Waals surface area contributed by atoms with Crippen molar-refractivity contribution >= 4 is 31.0 Å². The average Bonchev–Trinajstić information content (AvgIpc) is 3.47. The van der Waals surface area contributed by atoms with E-state index in [1.165, 1.54) is 6.20 Å². The van der Waals surface area contributed by atoms with E-state index in [0.717, 1.165) is 11.0 Å². The highest BCUT2D eigenvalue weighted by atomic mass is 28.4. The number of Topliss-reactive ketones (excluding diaryl/α,β-unsaturated/α-hetero) is 1. The molecule has 0 aliphatic carbocycles. The van der Waals surface area contributed by atoms with Gasteiger partial charge in [-0.2, -0.15) is 8.78 Å². The molecule has 0 radical (unpaired) electrons. The first-order chi connectivity index (χ1) is 20.8. The summed E-state index contributed by atoms with van der Waals surface area (Å²) >= 11 is 0. The van der Waals surface area contributed by atoms with Crippen LogP contribution in [-0.2, 0) is 15.8 Å². The van der Waals surface area contributed by atoms with E-state index in [1.807, 2.05) is 24.3 Å². The van der Waals surface area contributed by atoms with E-state index in [4.69, 9.17) is 14.1 Å². The highest BCUT2D eigenvalue weighted by Crippen LogP contribution is 2.47. The van der Waals surface area contributed by atoms with Crippen molar-refractivity contribution in [1.29, 1.82) is 0 Å². The van der Waals surface area contributed by atoms with E-state index in [0.29, 0.717) is 40.2 Å². The molecule has 2 aliphatic rings. The molecule has 2 aromatic heterocycles. The molecular formula is C32H35F2N5O4Si. The molecule has 4 heterocycles. The minimum atomic E-state index is -3.03. The van der Waals surface area contributed by atoms with Crippen molar-refractivity contribution in [2.45, 2.75) is 83.7 Å². The van der Waals surface area contributed by atoms with Gasteiger partial charge >= 0.3 is 6.61 Å². The summed E-state index contributed by atoms with van der Waals surface area (Å²) in [7, 11) is -2.26. The number of halogens is 2. The molecule has 0 saturated carbocycles. The highest BCUT2D eigenvalue weighted by Gasteiger charge is 2.43. The topological polar surface area (TPSA) is 108 Å². The maximum Gasteiger partial charge on any atom is 0.345 e. The zero-order valence-electron chi connectivity index (χ0n) is 25.5. The fourth-order valence-corrected chi connectivity index (χ4v) is 7.29. The Morgan fingerprint density at radius 3 is 2.57 bits per heavy atom. The number of carbonyl (C=O) groups excluding carboxylic acids is 2. The van der Waals surface area contributed by atoms with Crippen LogP contribution >= 0.6 is 0 Å². The fourth-order valence-electron chi connectivity index (χ4n) is 5.94. The average molecular weight is 620 g/mol. The third kappa shape index (κ3) is 5.14. The van der Waals surface area contributed by atoms with Gasteiger partial charge in [-0.15, -0.1) is 0 Å². The number of nitrogens with zero attached hydrogens (tertiary/aromatic N) is 4. The molecule has 6 rings (SSSR count). The second kappa shape index (κ2) is 10.9. The van der Waals surface area contributed by atoms with Gasteiger partial charge in [0.25, 0.3) is 5.91 Å². The van der Waals surface area contributed by atoms with Crippen LogP contribution in [0.5, 0.6) is 0 Å². The van der Waals surface area contributed by atoms with Gasteiger partial charge in [-0.25, -0.2) is 15.0 Å². The summed E-state index contributed by atoms with van der Waals surface area (Å²) in [6.45, 7) is 8.62. The molecule has 9 nitrogen and oxygen atoms in total. The third-order valence-corrected chi connectivity index (χ3v) is 13.7. The smallest absolute Gasteiger partial charge is 0.345 e. The monoisotopic (exact) mass is 619 g/mol. The number of para-hydroxylation sites is 2. The zero-order valence-corrected chi connectivity index (χ0v) is 26.5. The number of carbonyl (C=O) groups is 2. The van der Waals surface area contributed by atoms with Gasteiger partial charge in [0, 0.05) is 17.3 Å². The summed E-state index contributed by atoms with van der Waals surface area (Å²) in [6, 6.07) is 11.9. The van der Waals surface area contributed by atoms with E-state index in [9.17, 15) is 18.4 Å². The van der Waals surface area contributed by atoms with E-state index in [2.05, 4.69) is 53.7 Å². The largest absolute Gasteiger partial charge is 0.407 e. The molecule has 0 saturated heterocycles. The van der Waals surface area contributed by atoms with Gasteiger partial charge in [0.15, 0.2) is 14.1 Å². The number of rotatable bonds is 8. The van der Waals surface area contributed by atoms with Crippen LogP contribution < -0.4 is 5.32 Å². The first-order valence-corrected chi connectivity index (χ1v) is 17.6. The Kier molecular flexibility index (Phi) is 7.50. The predicted octanol–water partition coefficient (Wildman–Crippen LogP) is 6.60. The van der Waals surface area contributed by atoms with Gasteiger partial charge in [-0.1, -0.05) is 39.0 Å². The van der Waals surface area contributed by atoms with E-state index in [1.54, 1.807) is 25.1 Å². The van der Waals surface area contributed by atoms with Crippen molar-refractivity contribution in [2.75, 3.05) is 0 Å². The van der Waals surface area contributed by atoms with Crippen molar-refractivity contribution in [3.8, 4) is 11.3 Å². The van der Waals surface area contributed by atoms with Gasteiger partial charge in [-0.3, -0.25) is 9.59 Å². The minimum absolute atomic E-state index is 0.0362. The SMILES string of the molecule is CC(O[Si](C)(C)C(C)(C)C)C(=O)c1nccc(-c2ccc3c(c2COC(F)F)[C@H]2C[C@@H](NC3=O)c3nc4ccccc4n32)n1. The molecule has 1 unspecified atom stereocenters. The van der Waals surface area contributed by atoms with Crippen molar-refractivity contribution in [3.63, 3.8) is 0 Å². The Bertz CT molecular complexity index is 1780. The summed E-state index contributed by atoms with van der Waals surface area (Å²) in [5.74, 6) is -0.00641. The number of fused-ring (bicyclic) bond motifs is 9. The van der Waals surface area contributed by atoms with Crippen molar-refractivity contribution in [1.82, 2.24) is 24.8 Å². The Morgan fingerprint density at radius 2 is 1.84 bits per heavy atom. The van der Waals surface area contributed by atoms with E-state index < -0.39 is 27.6 Å². The second-order valence-electron chi connectivity index (χ2n) is 12.9. The first-order valence-electron chi connectivity index (χ1n) is 14.7. The molecule has 0 spiro atoms. The summed E-state index contributed by atoms with van der Waals surface area (Å²) in [5, 5.41) is 2.97. The highest BCUT2D eigenvalue weighted by molar-refractivity contribution is 6.74. The minimum Gasteiger partial charge on any atom is -0.407 e. The quantitative estimate of drug-likeness (QED) is 0.175. The maximum absolute atomic E-state index is 13.5. The maximum atomic E-state index is 13.5. The van der Waals surface area contributed by atoms with Gasteiger partial charge in [-0.05, 0) is 66.9 Å². The molecule has 2 bridgehead atoms. The number of alkyl halides is 2. The van der Waals surface area contributed by atoms with Crippen LogP contribution in [-0.4, -0.2) is 52.2 Å². The lowest BCUT2D eigenvalue weighted by molar-refractivity contribution is -0.137. The Hall–Kier alpha value is -3.87. The molecule has 44 heavy (non-hydrogen) atoms. The number of benzene rings is 2. The number of aromatic nitrogens is 4. The van der Waals surface area contributed by atoms with Crippen LogP contribution in [0.15, 0.2) is 48.7 Å². The van der Waals surface area contributed by atoms with Gasteiger partial charge in [0.05, 0.1) is 35.4 Å². The number of amides is 1. The van der Waals surface area contributed by atoms with Crippen LogP contribution in [0.1, 0.15) is 84.1 Å². The van der Waals surface area contributed by atoms with Crippen LogP contribution in [0.3, 0.4) is 0 Å². The van der Waals surface area contributed by atoms with Gasteiger partial charge in [0.2, 0.25) is 5.78 Å². The molecule has 3 atom stereocenters. The summed E-state index contributed by atoms with van der Waals surface area (Å²) in [6.07, 6.45) is 1.21. The predicted molar refractivity (Wildman–Crippen MR) is 163 cm³/mol. The molecule has 0 fully saturated rings.